The van der Waals surface area contributed by atoms with Gasteiger partial charge in [0.2, 0.25) is 67.2 Å². The van der Waals surface area contributed by atoms with Crippen molar-refractivity contribution in [3.63, 3.8) is 0 Å². The molecule has 2 aromatic carbocycles. The molecule has 0 radical (unpaired) electrons. The van der Waals surface area contributed by atoms with Crippen LogP contribution in [-0.4, -0.2) is 178 Å². The van der Waals surface area contributed by atoms with Crippen LogP contribution in [0.15, 0.2) is 109 Å². The number of ether oxygens (including phenoxy) is 8. The molecule has 6 aromatic rings. The summed E-state index contributed by atoms with van der Waals surface area (Å²) in [5.41, 5.74) is -4.01. The minimum atomic E-state index is -4.03. The van der Waals surface area contributed by atoms with Gasteiger partial charge in [0, 0.05) is 80.3 Å². The molecule has 8 heterocycles. The van der Waals surface area contributed by atoms with Gasteiger partial charge in [-0.3, -0.25) is 47.8 Å². The highest BCUT2D eigenvalue weighted by atomic mass is 32.2. The van der Waals surface area contributed by atoms with Crippen LogP contribution in [0.2, 0.25) is 0 Å². The van der Waals surface area contributed by atoms with E-state index in [1.165, 1.54) is 37.5 Å². The van der Waals surface area contributed by atoms with Crippen LogP contribution in [0.1, 0.15) is 234 Å². The molecular formula is C98H128N8O20S2. The number of fused-ring (bicyclic) bond motifs is 6. The van der Waals surface area contributed by atoms with E-state index in [0.717, 1.165) is 23.6 Å². The first kappa shape index (κ1) is 87.2. The summed E-state index contributed by atoms with van der Waals surface area (Å²) in [4.78, 5) is 138. The maximum atomic E-state index is 15.2. The number of hydrogen-bond acceptors (Lipinski definition) is 24. The quantitative estimate of drug-likeness (QED) is 0.0471. The Morgan fingerprint density at radius 3 is 1.27 bits per heavy atom. The number of sulfonamides is 2. The number of carbonyl (C=O) groups excluding carboxylic acids is 8. The third-order valence-electron chi connectivity index (χ3n) is 26.4. The van der Waals surface area contributed by atoms with Crippen molar-refractivity contribution in [3.8, 4) is 57.5 Å². The van der Waals surface area contributed by atoms with Crippen LogP contribution in [0.3, 0.4) is 0 Å². The van der Waals surface area contributed by atoms with Crippen molar-refractivity contribution < 1.29 is 101 Å². The van der Waals surface area contributed by atoms with Crippen molar-refractivity contribution in [3.05, 3.63) is 109 Å². The number of esters is 2. The molecule has 4 amide bonds. The standard InChI is InChI=1S/2C49H64N4O10S/c2*1-29(2)61-42-17-14-32(27-50-42)39-22-33-21-35(60-9)15-16-37(33)44(51-39)62-36-23-40-41(54)26-49(46(57)52-64(58,59)48(8)18-19-48)25-34(49)13-11-10-12-30(3)20-31(4)38(45(56)53(40)28-36)24-43(55)63-47(5,6)7/h2*11,13-17,21-22,27,29-31,34,36,38,40H,10,12,18-20,23-26,28H2,1-9H3,(H,52,57)/b2*13-11-/t30-,31+,34+,36+,38-,40-,49+;30-,31-,34-,36-,38+,40+,49-/m01/s1/i2*5D3. The van der Waals surface area contributed by atoms with Crippen LogP contribution in [0, 0.1) is 58.2 Å². The van der Waals surface area contributed by atoms with Crippen molar-refractivity contribution in [2.75, 3.05) is 27.3 Å². The lowest BCUT2D eigenvalue weighted by Gasteiger charge is -2.32. The highest BCUT2D eigenvalue weighted by molar-refractivity contribution is 7.92. The van der Waals surface area contributed by atoms with E-state index >= 15 is 9.59 Å². The molecule has 692 valence electrons. The van der Waals surface area contributed by atoms with Gasteiger partial charge in [-0.1, -0.05) is 52.0 Å². The highest BCUT2D eigenvalue weighted by Gasteiger charge is 2.65. The number of Topliss-reactive ketones (excluding diaryl/α,β-unsaturated/α-hetero) is 2. The van der Waals surface area contributed by atoms with Crippen molar-refractivity contribution in [2.24, 2.45) is 58.2 Å². The van der Waals surface area contributed by atoms with Gasteiger partial charge in [0.15, 0.2) is 11.6 Å². The lowest BCUT2D eigenvalue weighted by molar-refractivity contribution is -0.160. The number of carbonyl (C=O) groups is 8. The Morgan fingerprint density at radius 2 is 0.930 bits per heavy atom. The van der Waals surface area contributed by atoms with Crippen LogP contribution < -0.4 is 37.9 Å². The molecule has 2 N–H and O–H groups in total. The fraction of sp³-hybridized carbons (Fsp3) is 0.592. The number of methoxy groups -OCH3 is 2. The SMILES string of the molecule is [2H]C([2H])([2H])C(C)(C)OC(=O)C[C@@H]1C(=O)N2C[C@H](Oc3nc(-c4ccc(OC(C)C)nc4)cc4cc(OC)ccc34)C[C@H]2C(=O)C[C@]2(C(=O)NS(=O)(=O)C3(C)CC3)C[C@H]2/C=C\CC[C@@H](C)C[C@H]1C.[2H]C([2H])([2H])C(C)(C)OC(=O)C[C@@H]1C(=O)N2C[C@H](Oc3nc(-c4ccc(OC(C)C)nc4)cc4cc(OC)ccc34)C[C@H]2C(=O)C[C@]2(C(=O)NS(=O)(=O)C3(C)CC3)C[C@H]2/C=C\CC[C@H](C)C[C@H]1C. The van der Waals surface area contributed by atoms with Gasteiger partial charge in [-0.15, -0.1) is 0 Å². The number of ketones is 2. The number of hydrogen-bond donors (Lipinski definition) is 2. The summed E-state index contributed by atoms with van der Waals surface area (Å²) in [5, 5.41) is 2.74. The number of benzene rings is 2. The van der Waals surface area contributed by atoms with Crippen LogP contribution in [-0.2, 0) is 67.9 Å². The van der Waals surface area contributed by atoms with E-state index in [-0.39, 0.29) is 87.4 Å². The molecule has 4 aliphatic heterocycles. The van der Waals surface area contributed by atoms with Crippen LogP contribution in [0.25, 0.3) is 44.1 Å². The second kappa shape index (κ2) is 37.8. The molecule has 6 fully saturated rings. The number of nitrogens with one attached hydrogen (secondary N) is 2. The molecule has 30 heteroatoms. The number of pyridine rings is 4. The van der Waals surface area contributed by atoms with Gasteiger partial charge in [-0.05, 0) is 267 Å². The zero-order valence-electron chi connectivity index (χ0n) is 82.3. The maximum Gasteiger partial charge on any atom is 0.307 e. The van der Waals surface area contributed by atoms with Crippen molar-refractivity contribution in [1.82, 2.24) is 39.2 Å². The van der Waals surface area contributed by atoms with Gasteiger partial charge in [0.1, 0.15) is 34.9 Å². The van der Waals surface area contributed by atoms with E-state index in [9.17, 15) is 45.6 Å². The first-order chi connectivity index (χ1) is 62.7. The van der Waals surface area contributed by atoms with Crippen molar-refractivity contribution >= 4 is 88.7 Å². The molecule has 4 aliphatic carbocycles. The molecule has 0 unspecified atom stereocenters. The Hall–Kier alpha value is -10.1. The van der Waals surface area contributed by atoms with E-state index in [4.69, 9.17) is 56.1 Å². The maximum absolute atomic E-state index is 15.2. The number of amides is 4. The number of allylic oxidation sites excluding steroid dienone is 4. The van der Waals surface area contributed by atoms with Gasteiger partial charge in [0.05, 0.1) is 108 Å². The Morgan fingerprint density at radius 1 is 0.547 bits per heavy atom. The summed E-state index contributed by atoms with van der Waals surface area (Å²) in [6.45, 7) is 18.4. The topological polar surface area (TPSA) is 361 Å². The summed E-state index contributed by atoms with van der Waals surface area (Å²) in [7, 11) is -4.93. The molecule has 0 spiro atoms. The molecular weight excluding hydrogens is 1670 g/mol. The zero-order valence-corrected chi connectivity index (χ0v) is 77.9. The molecule has 0 bridgehead atoms. The summed E-state index contributed by atoms with van der Waals surface area (Å²) in [6, 6.07) is 19.5. The molecule has 14 rings (SSSR count). The Labute approximate surface area is 761 Å². The average Bonchev–Trinajstić information content (AvgIpc) is 1.57. The summed E-state index contributed by atoms with van der Waals surface area (Å²) >= 11 is 0. The first-order valence-corrected chi connectivity index (χ1v) is 47.8. The number of nitrogens with zero attached hydrogens (tertiary/aromatic N) is 6. The van der Waals surface area contributed by atoms with E-state index in [2.05, 4.69) is 33.3 Å². The minimum absolute atomic E-state index is 0.000469. The second-order valence-corrected chi connectivity index (χ2v) is 43.5. The first-order valence-electron chi connectivity index (χ1n) is 47.8. The van der Waals surface area contributed by atoms with Gasteiger partial charge in [-0.2, -0.15) is 0 Å². The molecule has 2 saturated heterocycles. The number of aromatic nitrogens is 4. The van der Waals surface area contributed by atoms with Crippen LogP contribution in [0.5, 0.6) is 35.0 Å². The lowest BCUT2D eigenvalue weighted by atomic mass is 9.82. The predicted octanol–water partition coefficient (Wildman–Crippen LogP) is 15.5. The third-order valence-corrected chi connectivity index (χ3v) is 30.8. The smallest absolute Gasteiger partial charge is 0.307 e. The lowest BCUT2D eigenvalue weighted by Crippen LogP contribution is -2.48. The van der Waals surface area contributed by atoms with Gasteiger partial charge in [-0.25, -0.2) is 36.8 Å². The highest BCUT2D eigenvalue weighted by Crippen LogP contribution is 2.60. The van der Waals surface area contributed by atoms with Gasteiger partial charge in [0.25, 0.3) is 0 Å². The Bertz CT molecular complexity index is 5400. The molecule has 8 aliphatic rings. The minimum Gasteiger partial charge on any atom is -0.497 e. The number of rotatable bonds is 22. The molecule has 4 aromatic heterocycles. The molecule has 128 heavy (non-hydrogen) atoms. The second-order valence-electron chi connectivity index (χ2n) is 39.1. The van der Waals surface area contributed by atoms with Gasteiger partial charge >= 0.3 is 11.9 Å². The fourth-order valence-corrected chi connectivity index (χ4v) is 21.0. The summed E-state index contributed by atoms with van der Waals surface area (Å²) in [6.07, 6.45) is 13.7. The summed E-state index contributed by atoms with van der Waals surface area (Å²) < 4.78 is 151. The van der Waals surface area contributed by atoms with Crippen molar-refractivity contribution in [2.45, 2.75) is 283 Å². The van der Waals surface area contributed by atoms with Gasteiger partial charge < -0.3 is 47.7 Å². The molecule has 28 nitrogen and oxygen atoms in total. The third kappa shape index (κ3) is 22.3. The summed E-state index contributed by atoms with van der Waals surface area (Å²) in [5.74, 6) is -6.09. The average molecular weight is 1810 g/mol. The Balaban J connectivity index is 0.000000227. The zero-order chi connectivity index (χ0) is 97.7. The van der Waals surface area contributed by atoms with E-state index in [1.807, 2.05) is 114 Å². The molecule has 4 saturated carbocycles. The van der Waals surface area contributed by atoms with Crippen LogP contribution >= 0.6 is 0 Å². The monoisotopic (exact) mass is 1810 g/mol. The van der Waals surface area contributed by atoms with Crippen LogP contribution in [0.4, 0.5) is 0 Å². The predicted molar refractivity (Wildman–Crippen MR) is 484 cm³/mol. The fourth-order valence-electron chi connectivity index (χ4n) is 18.3. The largest absolute Gasteiger partial charge is 0.497 e. The van der Waals surface area contributed by atoms with E-state index < -0.39 is 185 Å². The normalized spacial score (nSPS) is 28.6. The Kier molecular flexibility index (Phi) is 25.7. The van der Waals surface area contributed by atoms with Crippen molar-refractivity contribution in [1.29, 1.82) is 0 Å². The van der Waals surface area contributed by atoms with E-state index in [1.54, 1.807) is 64.7 Å². The molecule has 14 atom stereocenters. The van der Waals surface area contributed by atoms with E-state index in [0.29, 0.717) is 108 Å².